The van der Waals surface area contributed by atoms with Crippen LogP contribution in [0.15, 0.2) is 0 Å². The Bertz CT molecular complexity index is 412. The van der Waals surface area contributed by atoms with E-state index in [0.717, 1.165) is 6.42 Å². The summed E-state index contributed by atoms with van der Waals surface area (Å²) < 4.78 is 0. The van der Waals surface area contributed by atoms with Gasteiger partial charge in [0.1, 0.15) is 13.1 Å². The van der Waals surface area contributed by atoms with Crippen LogP contribution in [-0.4, -0.2) is 64.5 Å². The highest BCUT2D eigenvalue weighted by molar-refractivity contribution is 6.03. The summed E-state index contributed by atoms with van der Waals surface area (Å²) in [6.45, 7) is 2.59. The van der Waals surface area contributed by atoms with Crippen molar-refractivity contribution >= 4 is 17.8 Å². The first-order chi connectivity index (χ1) is 8.93. The van der Waals surface area contributed by atoms with Gasteiger partial charge >= 0.3 is 6.03 Å². The van der Waals surface area contributed by atoms with Gasteiger partial charge in [-0.1, -0.05) is 6.92 Å². The van der Waals surface area contributed by atoms with Gasteiger partial charge in [-0.15, -0.1) is 0 Å². The molecule has 0 unspecified atom stereocenters. The number of hydrogen-bond acceptors (Lipinski definition) is 4. The summed E-state index contributed by atoms with van der Waals surface area (Å²) in [4.78, 5) is 37.2. The molecular formula is C12H19N3O4. The Labute approximate surface area is 111 Å². The zero-order chi connectivity index (χ0) is 14.0. The summed E-state index contributed by atoms with van der Waals surface area (Å²) in [7, 11) is 0. The molecule has 2 rings (SSSR count). The predicted octanol–water partition coefficient (Wildman–Crippen LogP) is -0.698. The highest BCUT2D eigenvalue weighted by Gasteiger charge is 2.35. The maximum Gasteiger partial charge on any atom is 0.325 e. The first-order valence-corrected chi connectivity index (χ1v) is 6.52. The van der Waals surface area contributed by atoms with E-state index in [9.17, 15) is 19.5 Å². The van der Waals surface area contributed by atoms with Crippen molar-refractivity contribution in [3.63, 3.8) is 0 Å². The van der Waals surface area contributed by atoms with Gasteiger partial charge in [-0.3, -0.25) is 14.9 Å². The Balaban J connectivity index is 1.93. The number of imide groups is 1. The number of aliphatic hydroxyl groups is 1. The molecule has 0 bridgehead atoms. The number of amides is 4. The molecule has 0 aromatic rings. The molecule has 106 valence electrons. The molecule has 0 spiro atoms. The normalized spacial score (nSPS) is 27.7. The minimum Gasteiger partial charge on any atom is -0.388 e. The van der Waals surface area contributed by atoms with E-state index >= 15 is 0 Å². The largest absolute Gasteiger partial charge is 0.388 e. The van der Waals surface area contributed by atoms with Gasteiger partial charge in [0, 0.05) is 13.1 Å². The number of rotatable bonds is 3. The van der Waals surface area contributed by atoms with Crippen molar-refractivity contribution in [1.29, 1.82) is 0 Å². The van der Waals surface area contributed by atoms with E-state index in [1.165, 1.54) is 4.90 Å². The molecule has 2 fully saturated rings. The predicted molar refractivity (Wildman–Crippen MR) is 66.2 cm³/mol. The first kappa shape index (κ1) is 13.8. The van der Waals surface area contributed by atoms with Crippen molar-refractivity contribution in [2.24, 2.45) is 0 Å². The third-order valence-electron chi connectivity index (χ3n) is 3.76. The summed E-state index contributed by atoms with van der Waals surface area (Å²) in [5, 5.41) is 12.3. The van der Waals surface area contributed by atoms with Crippen molar-refractivity contribution in [3.05, 3.63) is 0 Å². The number of hydrogen-bond donors (Lipinski definition) is 2. The van der Waals surface area contributed by atoms with Gasteiger partial charge in [0.15, 0.2) is 0 Å². The van der Waals surface area contributed by atoms with Crippen molar-refractivity contribution in [2.75, 3.05) is 26.2 Å². The topological polar surface area (TPSA) is 89.9 Å². The molecule has 2 heterocycles. The molecule has 2 saturated heterocycles. The van der Waals surface area contributed by atoms with E-state index in [-0.39, 0.29) is 24.9 Å². The number of nitrogens with zero attached hydrogens (tertiary/aromatic N) is 2. The van der Waals surface area contributed by atoms with Crippen LogP contribution in [0.1, 0.15) is 26.2 Å². The van der Waals surface area contributed by atoms with Crippen molar-refractivity contribution < 1.29 is 19.5 Å². The zero-order valence-electron chi connectivity index (χ0n) is 11.0. The smallest absolute Gasteiger partial charge is 0.325 e. The van der Waals surface area contributed by atoms with E-state index < -0.39 is 11.6 Å². The van der Waals surface area contributed by atoms with Crippen LogP contribution in [0.2, 0.25) is 0 Å². The van der Waals surface area contributed by atoms with Crippen LogP contribution in [0.5, 0.6) is 0 Å². The number of piperidine rings is 1. The second-order valence-electron chi connectivity index (χ2n) is 5.21. The zero-order valence-corrected chi connectivity index (χ0v) is 11.0. The molecule has 0 aromatic carbocycles. The van der Waals surface area contributed by atoms with Crippen molar-refractivity contribution in [1.82, 2.24) is 15.1 Å². The molecule has 0 saturated carbocycles. The number of β-amino-alcohol motifs (C(OH)–C–C–N with tert-alkyl or cyclic N) is 1. The van der Waals surface area contributed by atoms with Crippen molar-refractivity contribution in [2.45, 2.75) is 31.8 Å². The molecule has 7 nitrogen and oxygen atoms in total. The van der Waals surface area contributed by atoms with Gasteiger partial charge < -0.3 is 14.9 Å². The average molecular weight is 269 g/mol. The summed E-state index contributed by atoms with van der Waals surface area (Å²) in [6, 6.07) is -0.527. The van der Waals surface area contributed by atoms with E-state index in [1.807, 2.05) is 6.92 Å². The van der Waals surface area contributed by atoms with E-state index in [2.05, 4.69) is 5.32 Å². The molecular weight excluding hydrogens is 250 g/mol. The summed E-state index contributed by atoms with van der Waals surface area (Å²) in [5.41, 5.74) is -0.822. The molecule has 0 radical (unpaired) electrons. The van der Waals surface area contributed by atoms with E-state index in [4.69, 9.17) is 0 Å². The quantitative estimate of drug-likeness (QED) is 0.663. The van der Waals surface area contributed by atoms with Gasteiger partial charge in [0.2, 0.25) is 11.8 Å². The molecule has 7 heteroatoms. The van der Waals surface area contributed by atoms with Crippen LogP contribution in [0.3, 0.4) is 0 Å². The highest BCUT2D eigenvalue weighted by atomic mass is 16.3. The third kappa shape index (κ3) is 3.04. The second-order valence-corrected chi connectivity index (χ2v) is 5.21. The van der Waals surface area contributed by atoms with E-state index in [0.29, 0.717) is 25.9 Å². The monoisotopic (exact) mass is 269 g/mol. The van der Waals surface area contributed by atoms with Crippen LogP contribution in [0, 0.1) is 0 Å². The third-order valence-corrected chi connectivity index (χ3v) is 3.76. The van der Waals surface area contributed by atoms with Crippen LogP contribution in [0.25, 0.3) is 0 Å². The van der Waals surface area contributed by atoms with Crippen LogP contribution in [-0.2, 0) is 9.59 Å². The number of carbonyl (C=O) groups is 3. The fourth-order valence-corrected chi connectivity index (χ4v) is 2.49. The summed E-state index contributed by atoms with van der Waals surface area (Å²) >= 11 is 0. The first-order valence-electron chi connectivity index (χ1n) is 6.52. The fourth-order valence-electron chi connectivity index (χ4n) is 2.49. The van der Waals surface area contributed by atoms with Gasteiger partial charge in [-0.2, -0.15) is 0 Å². The van der Waals surface area contributed by atoms with Gasteiger partial charge in [0.05, 0.1) is 5.60 Å². The lowest BCUT2D eigenvalue weighted by Crippen LogP contribution is -2.52. The summed E-state index contributed by atoms with van der Waals surface area (Å²) in [6.07, 6.45) is 2.04. The summed E-state index contributed by atoms with van der Waals surface area (Å²) in [5.74, 6) is -0.613. The maximum absolute atomic E-state index is 12.1. The Hall–Kier alpha value is -1.63. The Morgan fingerprint density at radius 2 is 2.21 bits per heavy atom. The highest BCUT2D eigenvalue weighted by Crippen LogP contribution is 2.24. The van der Waals surface area contributed by atoms with Crippen LogP contribution < -0.4 is 5.32 Å². The van der Waals surface area contributed by atoms with Gasteiger partial charge in [0.25, 0.3) is 0 Å². The molecule has 1 atom stereocenters. The average Bonchev–Trinajstić information content (AvgIpc) is 2.68. The van der Waals surface area contributed by atoms with Crippen LogP contribution >= 0.6 is 0 Å². The Kier molecular flexibility index (Phi) is 3.75. The minimum atomic E-state index is -0.822. The number of likely N-dealkylation sites (tertiary alicyclic amines) is 1. The standard InChI is InChI=1S/C12H19N3O4/c1-2-12(19)4-3-5-14(8-12)10(17)7-15-6-9(16)13-11(15)18/h19H,2-8H2,1H3,(H,13,16,18)/t12-/m0/s1. The minimum absolute atomic E-state index is 0.0730. The number of carbonyl (C=O) groups excluding carboxylic acids is 3. The van der Waals surface area contributed by atoms with Crippen molar-refractivity contribution in [3.8, 4) is 0 Å². The lowest BCUT2D eigenvalue weighted by molar-refractivity contribution is -0.139. The molecule has 2 aliphatic rings. The molecule has 2 N–H and O–H groups in total. The molecule has 2 aliphatic heterocycles. The molecule has 0 aliphatic carbocycles. The maximum atomic E-state index is 12.1. The lowest BCUT2D eigenvalue weighted by atomic mass is 9.90. The fraction of sp³-hybridized carbons (Fsp3) is 0.750. The second kappa shape index (κ2) is 5.16. The van der Waals surface area contributed by atoms with Crippen LogP contribution in [0.4, 0.5) is 4.79 Å². The Morgan fingerprint density at radius 1 is 1.47 bits per heavy atom. The Morgan fingerprint density at radius 3 is 2.79 bits per heavy atom. The lowest BCUT2D eigenvalue weighted by Gasteiger charge is -2.39. The molecule has 0 aromatic heterocycles. The molecule has 19 heavy (non-hydrogen) atoms. The van der Waals surface area contributed by atoms with E-state index in [1.54, 1.807) is 4.90 Å². The number of nitrogens with one attached hydrogen (secondary N) is 1. The van der Waals surface area contributed by atoms with Gasteiger partial charge in [-0.25, -0.2) is 4.79 Å². The van der Waals surface area contributed by atoms with Gasteiger partial charge in [-0.05, 0) is 19.3 Å². The number of urea groups is 1. The SMILES string of the molecule is CC[C@]1(O)CCCN(C(=O)CN2CC(=O)NC2=O)C1. The molecule has 4 amide bonds.